The van der Waals surface area contributed by atoms with Gasteiger partial charge in [-0.15, -0.1) is 0 Å². The Bertz CT molecular complexity index is 728. The van der Waals surface area contributed by atoms with Crippen LogP contribution >= 0.6 is 15.9 Å². The summed E-state index contributed by atoms with van der Waals surface area (Å²) in [6.07, 6.45) is 4.71. The second-order valence-corrected chi connectivity index (χ2v) is 5.19. The van der Waals surface area contributed by atoms with Gasteiger partial charge in [0.05, 0.1) is 10.2 Å². The maximum atomic E-state index is 6.20. The Morgan fingerprint density at radius 2 is 2.21 bits per heavy atom. The molecule has 0 unspecified atom stereocenters. The highest BCUT2D eigenvalue weighted by Gasteiger charge is 2.16. The number of hydrogen-bond acceptors (Lipinski definition) is 3. The van der Waals surface area contributed by atoms with Crippen LogP contribution in [0.2, 0.25) is 0 Å². The summed E-state index contributed by atoms with van der Waals surface area (Å²) in [6.45, 7) is 2.98. The third-order valence-corrected chi connectivity index (χ3v) is 3.65. The number of fused-ring (bicyclic) bond motifs is 1. The predicted octanol–water partition coefficient (Wildman–Crippen LogP) is 2.95. The van der Waals surface area contributed by atoms with Gasteiger partial charge < -0.3 is 5.73 Å². The van der Waals surface area contributed by atoms with Gasteiger partial charge in [-0.1, -0.05) is 6.92 Å². The summed E-state index contributed by atoms with van der Waals surface area (Å²) in [6, 6.07) is 5.83. The molecule has 0 bridgehead atoms. The van der Waals surface area contributed by atoms with E-state index in [1.807, 2.05) is 33.5 Å². The smallest absolute Gasteiger partial charge is 0.153 e. The first-order valence-electron chi connectivity index (χ1n) is 6.16. The minimum atomic E-state index is 0.633. The van der Waals surface area contributed by atoms with E-state index in [9.17, 15) is 0 Å². The molecule has 0 fully saturated rings. The van der Waals surface area contributed by atoms with Crippen LogP contribution in [-0.2, 0) is 6.54 Å². The minimum Gasteiger partial charge on any atom is -0.383 e. The fourth-order valence-corrected chi connectivity index (χ4v) is 2.60. The van der Waals surface area contributed by atoms with E-state index in [4.69, 9.17) is 5.73 Å². The number of anilines is 1. The summed E-state index contributed by atoms with van der Waals surface area (Å²) in [5, 5.41) is 4.32. The van der Waals surface area contributed by atoms with Gasteiger partial charge in [0.2, 0.25) is 0 Å². The molecule has 98 valence electrons. The van der Waals surface area contributed by atoms with Gasteiger partial charge in [0.25, 0.3) is 0 Å². The number of hydrogen-bond donors (Lipinski definition) is 1. The van der Waals surface area contributed by atoms with Gasteiger partial charge in [-0.2, -0.15) is 5.10 Å². The molecule has 3 heterocycles. The number of halogens is 1. The van der Waals surface area contributed by atoms with Gasteiger partial charge in [0.15, 0.2) is 5.65 Å². The van der Waals surface area contributed by atoms with Crippen molar-refractivity contribution in [3.63, 3.8) is 0 Å². The highest BCUT2D eigenvalue weighted by atomic mass is 79.9. The third-order valence-electron chi connectivity index (χ3n) is 3.03. The molecule has 0 spiro atoms. The van der Waals surface area contributed by atoms with Crippen molar-refractivity contribution in [1.82, 2.24) is 19.2 Å². The molecule has 0 atom stereocenters. The fraction of sp³-hybridized carbons (Fsp3) is 0.231. The first-order chi connectivity index (χ1) is 9.22. The molecule has 3 aromatic rings. The molecule has 3 rings (SSSR count). The van der Waals surface area contributed by atoms with Crippen LogP contribution in [0.15, 0.2) is 35.1 Å². The van der Waals surface area contributed by atoms with E-state index in [1.54, 1.807) is 6.20 Å². The first kappa shape index (κ1) is 12.2. The number of imidazole rings is 1. The number of aromatic nitrogens is 4. The molecule has 19 heavy (non-hydrogen) atoms. The normalized spacial score (nSPS) is 11.3. The quantitative estimate of drug-likeness (QED) is 0.807. The van der Waals surface area contributed by atoms with Crippen LogP contribution in [0.25, 0.3) is 17.0 Å². The van der Waals surface area contributed by atoms with Gasteiger partial charge in [-0.25, -0.2) is 4.98 Å². The van der Waals surface area contributed by atoms with Crippen molar-refractivity contribution in [1.29, 1.82) is 0 Å². The molecule has 3 aromatic heterocycles. The molecule has 0 saturated carbocycles. The van der Waals surface area contributed by atoms with Crippen LogP contribution in [-0.4, -0.2) is 19.2 Å². The number of nitrogens with two attached hydrogens (primary N) is 1. The van der Waals surface area contributed by atoms with E-state index in [2.05, 4.69) is 32.9 Å². The van der Waals surface area contributed by atoms with E-state index in [0.717, 1.165) is 34.5 Å². The van der Waals surface area contributed by atoms with E-state index in [-0.39, 0.29) is 0 Å². The molecular weight excluding hydrogens is 306 g/mol. The zero-order valence-corrected chi connectivity index (χ0v) is 12.1. The lowest BCUT2D eigenvalue weighted by molar-refractivity contribution is 0.608. The summed E-state index contributed by atoms with van der Waals surface area (Å²) in [7, 11) is 0. The first-order valence-corrected chi connectivity index (χ1v) is 6.96. The van der Waals surface area contributed by atoms with Crippen molar-refractivity contribution in [2.24, 2.45) is 0 Å². The Morgan fingerprint density at radius 3 is 2.95 bits per heavy atom. The van der Waals surface area contributed by atoms with Gasteiger partial charge in [-0.05, 0) is 40.5 Å². The van der Waals surface area contributed by atoms with Crippen LogP contribution in [0.5, 0.6) is 0 Å². The Morgan fingerprint density at radius 1 is 1.37 bits per heavy atom. The lowest BCUT2D eigenvalue weighted by atomic mass is 10.3. The SMILES string of the molecule is CCCn1nccc1-c1nc2c(Br)cccn2c1N. The summed E-state index contributed by atoms with van der Waals surface area (Å²) < 4.78 is 4.74. The Balaban J connectivity index is 2.22. The maximum absolute atomic E-state index is 6.20. The van der Waals surface area contributed by atoms with Crippen molar-refractivity contribution in [2.75, 3.05) is 5.73 Å². The summed E-state index contributed by atoms with van der Waals surface area (Å²) in [5.41, 5.74) is 8.75. The summed E-state index contributed by atoms with van der Waals surface area (Å²) in [5.74, 6) is 0.633. The van der Waals surface area contributed by atoms with Crippen LogP contribution < -0.4 is 5.73 Å². The zero-order chi connectivity index (χ0) is 13.4. The van der Waals surface area contributed by atoms with Crippen molar-refractivity contribution in [2.45, 2.75) is 19.9 Å². The second-order valence-electron chi connectivity index (χ2n) is 4.33. The van der Waals surface area contributed by atoms with Gasteiger partial charge in [0, 0.05) is 18.9 Å². The van der Waals surface area contributed by atoms with E-state index >= 15 is 0 Å². The predicted molar refractivity (Wildman–Crippen MR) is 78.8 cm³/mol. The van der Waals surface area contributed by atoms with Crippen LogP contribution in [0.4, 0.5) is 5.82 Å². The van der Waals surface area contributed by atoms with Gasteiger partial charge in [0.1, 0.15) is 11.5 Å². The minimum absolute atomic E-state index is 0.633. The highest BCUT2D eigenvalue weighted by Crippen LogP contribution is 2.29. The molecule has 0 amide bonds. The van der Waals surface area contributed by atoms with Crippen molar-refractivity contribution >= 4 is 27.4 Å². The number of pyridine rings is 1. The van der Waals surface area contributed by atoms with E-state index in [0.29, 0.717) is 5.82 Å². The molecule has 0 radical (unpaired) electrons. The average Bonchev–Trinajstić information content (AvgIpc) is 2.97. The zero-order valence-electron chi connectivity index (χ0n) is 10.5. The topological polar surface area (TPSA) is 61.1 Å². The lowest BCUT2D eigenvalue weighted by Gasteiger charge is -2.04. The largest absolute Gasteiger partial charge is 0.383 e. The number of rotatable bonds is 3. The van der Waals surface area contributed by atoms with Crippen molar-refractivity contribution < 1.29 is 0 Å². The van der Waals surface area contributed by atoms with E-state index < -0.39 is 0 Å². The maximum Gasteiger partial charge on any atom is 0.153 e. The molecule has 5 nitrogen and oxygen atoms in total. The van der Waals surface area contributed by atoms with Crippen molar-refractivity contribution in [3.05, 3.63) is 35.1 Å². The Labute approximate surface area is 119 Å². The molecule has 0 saturated heterocycles. The lowest BCUT2D eigenvalue weighted by Crippen LogP contribution is -2.02. The number of nitrogen functional groups attached to an aromatic ring is 1. The molecule has 0 aromatic carbocycles. The van der Waals surface area contributed by atoms with Crippen molar-refractivity contribution in [3.8, 4) is 11.4 Å². The van der Waals surface area contributed by atoms with Gasteiger partial charge in [-0.3, -0.25) is 9.08 Å². The third kappa shape index (κ3) is 1.92. The molecule has 2 N–H and O–H groups in total. The van der Waals surface area contributed by atoms with Crippen LogP contribution in [0.1, 0.15) is 13.3 Å². The van der Waals surface area contributed by atoms with E-state index in [1.165, 1.54) is 0 Å². The standard InChI is InChI=1S/C13H14BrN5/c1-2-7-19-10(5-6-16-19)11-12(15)18-8-3-4-9(14)13(18)17-11/h3-6,8H,2,7,15H2,1H3. The summed E-state index contributed by atoms with van der Waals surface area (Å²) >= 11 is 3.50. The summed E-state index contributed by atoms with van der Waals surface area (Å²) in [4.78, 5) is 4.63. The fourth-order valence-electron chi connectivity index (χ4n) is 2.17. The molecule has 0 aliphatic carbocycles. The van der Waals surface area contributed by atoms with Crippen LogP contribution in [0, 0.1) is 0 Å². The molecule has 0 aliphatic rings. The Kier molecular flexibility index (Phi) is 3.02. The molecule has 6 heteroatoms. The molecular formula is C13H14BrN5. The second kappa shape index (κ2) is 4.70. The number of aryl methyl sites for hydroxylation is 1. The van der Waals surface area contributed by atoms with Gasteiger partial charge >= 0.3 is 0 Å². The average molecular weight is 320 g/mol. The highest BCUT2D eigenvalue weighted by molar-refractivity contribution is 9.10. The molecule has 0 aliphatic heterocycles. The Hall–Kier alpha value is -1.82. The number of nitrogens with zero attached hydrogens (tertiary/aromatic N) is 4. The van der Waals surface area contributed by atoms with Crippen LogP contribution in [0.3, 0.4) is 0 Å². The monoisotopic (exact) mass is 319 g/mol.